The second-order valence-corrected chi connectivity index (χ2v) is 6.79. The molecule has 0 N–H and O–H groups in total. The highest BCUT2D eigenvalue weighted by atomic mass is 19.3. The summed E-state index contributed by atoms with van der Waals surface area (Å²) in [4.78, 5) is 18.6. The number of hydrogen-bond donors (Lipinski definition) is 0. The highest BCUT2D eigenvalue weighted by Gasteiger charge is 2.25. The quantitative estimate of drug-likeness (QED) is 0.611. The standard InChI is InChI=1S/C21H21F2N3O3/c1-28-21(27)16-11-15(25-7-9-29-10-8-25)12-17-18(16)24-20(19(22)23)26(17)13-14-5-3-2-4-6-14/h2-6,11-12,19H,7-10,13H2,1H3. The Morgan fingerprint density at radius 1 is 1.21 bits per heavy atom. The molecule has 0 bridgehead atoms. The van der Waals surface area contributed by atoms with Gasteiger partial charge in [-0.15, -0.1) is 0 Å². The van der Waals surface area contributed by atoms with E-state index in [9.17, 15) is 13.6 Å². The summed E-state index contributed by atoms with van der Waals surface area (Å²) in [5.74, 6) is -0.969. The zero-order chi connectivity index (χ0) is 20.4. The Labute approximate surface area is 166 Å². The molecule has 1 fully saturated rings. The lowest BCUT2D eigenvalue weighted by Crippen LogP contribution is -2.36. The van der Waals surface area contributed by atoms with Crippen LogP contribution in [0.25, 0.3) is 11.0 Å². The highest BCUT2D eigenvalue weighted by molar-refractivity contribution is 6.04. The SMILES string of the molecule is COC(=O)c1cc(N2CCOCC2)cc2c1nc(C(F)F)n2Cc1ccccc1. The van der Waals surface area contributed by atoms with Gasteiger partial charge in [-0.3, -0.25) is 0 Å². The Kier molecular flexibility index (Phi) is 5.44. The molecule has 2 heterocycles. The molecule has 0 radical (unpaired) electrons. The van der Waals surface area contributed by atoms with Crippen molar-refractivity contribution in [1.82, 2.24) is 9.55 Å². The van der Waals surface area contributed by atoms with Crippen molar-refractivity contribution >= 4 is 22.7 Å². The number of nitrogens with zero attached hydrogens (tertiary/aromatic N) is 3. The van der Waals surface area contributed by atoms with Crippen LogP contribution in [0, 0.1) is 0 Å². The number of imidazole rings is 1. The third kappa shape index (κ3) is 3.80. The number of fused-ring (bicyclic) bond motifs is 1. The lowest BCUT2D eigenvalue weighted by Gasteiger charge is -2.29. The van der Waals surface area contributed by atoms with Crippen molar-refractivity contribution in [3.63, 3.8) is 0 Å². The zero-order valence-corrected chi connectivity index (χ0v) is 16.0. The Morgan fingerprint density at radius 3 is 2.59 bits per heavy atom. The molecule has 2 aromatic carbocycles. The fraction of sp³-hybridized carbons (Fsp3) is 0.333. The van der Waals surface area contributed by atoms with Crippen LogP contribution in [0.2, 0.25) is 0 Å². The van der Waals surface area contributed by atoms with Gasteiger partial charge in [0.25, 0.3) is 6.43 Å². The lowest BCUT2D eigenvalue weighted by molar-refractivity contribution is 0.0602. The van der Waals surface area contributed by atoms with Crippen LogP contribution >= 0.6 is 0 Å². The fourth-order valence-corrected chi connectivity index (χ4v) is 3.59. The average Bonchev–Trinajstić information content (AvgIpc) is 3.12. The molecule has 0 aliphatic carbocycles. The van der Waals surface area contributed by atoms with E-state index >= 15 is 0 Å². The van der Waals surface area contributed by atoms with E-state index in [1.165, 1.54) is 11.7 Å². The van der Waals surface area contributed by atoms with E-state index in [0.29, 0.717) is 31.8 Å². The molecule has 0 unspecified atom stereocenters. The fourth-order valence-electron chi connectivity index (χ4n) is 3.59. The van der Waals surface area contributed by atoms with Crippen LogP contribution in [0.1, 0.15) is 28.2 Å². The third-order valence-electron chi connectivity index (χ3n) is 5.03. The molecule has 0 amide bonds. The molecule has 8 heteroatoms. The van der Waals surface area contributed by atoms with Crippen molar-refractivity contribution < 1.29 is 23.0 Å². The topological polar surface area (TPSA) is 56.6 Å². The Morgan fingerprint density at radius 2 is 1.93 bits per heavy atom. The largest absolute Gasteiger partial charge is 0.465 e. The van der Waals surface area contributed by atoms with Gasteiger partial charge in [0.15, 0.2) is 5.82 Å². The average molecular weight is 401 g/mol. The van der Waals surface area contributed by atoms with E-state index in [1.807, 2.05) is 36.4 Å². The van der Waals surface area contributed by atoms with Gasteiger partial charge in [0, 0.05) is 25.3 Å². The number of morpholine rings is 1. The highest BCUT2D eigenvalue weighted by Crippen LogP contribution is 2.32. The van der Waals surface area contributed by atoms with E-state index in [-0.39, 0.29) is 23.4 Å². The van der Waals surface area contributed by atoms with Crippen molar-refractivity contribution in [2.24, 2.45) is 0 Å². The van der Waals surface area contributed by atoms with Crippen LogP contribution in [0.4, 0.5) is 14.5 Å². The number of ether oxygens (including phenoxy) is 2. The molecule has 0 saturated carbocycles. The molecular formula is C21H21F2N3O3. The molecule has 1 aliphatic heterocycles. The molecule has 6 nitrogen and oxygen atoms in total. The molecule has 1 aromatic heterocycles. The van der Waals surface area contributed by atoms with Crippen LogP contribution in [-0.2, 0) is 16.0 Å². The van der Waals surface area contributed by atoms with Crippen LogP contribution < -0.4 is 4.90 Å². The number of methoxy groups -OCH3 is 1. The first-order chi connectivity index (χ1) is 14.1. The van der Waals surface area contributed by atoms with Crippen LogP contribution in [0.15, 0.2) is 42.5 Å². The van der Waals surface area contributed by atoms with Gasteiger partial charge in [0.2, 0.25) is 0 Å². The van der Waals surface area contributed by atoms with Crippen LogP contribution in [-0.4, -0.2) is 48.9 Å². The number of rotatable bonds is 5. The van der Waals surface area contributed by atoms with E-state index in [4.69, 9.17) is 9.47 Å². The van der Waals surface area contributed by atoms with E-state index in [2.05, 4.69) is 9.88 Å². The van der Waals surface area contributed by atoms with Crippen molar-refractivity contribution in [2.45, 2.75) is 13.0 Å². The molecule has 3 aromatic rings. The predicted octanol–water partition coefficient (Wildman–Crippen LogP) is 3.65. The Hall–Kier alpha value is -3.00. The predicted molar refractivity (Wildman–Crippen MR) is 105 cm³/mol. The van der Waals surface area contributed by atoms with Crippen molar-refractivity contribution in [3.8, 4) is 0 Å². The van der Waals surface area contributed by atoms with Crippen molar-refractivity contribution in [3.05, 3.63) is 59.4 Å². The number of alkyl halides is 2. The molecule has 29 heavy (non-hydrogen) atoms. The van der Waals surface area contributed by atoms with Gasteiger partial charge in [0.1, 0.15) is 5.52 Å². The zero-order valence-electron chi connectivity index (χ0n) is 16.0. The van der Waals surface area contributed by atoms with Gasteiger partial charge in [-0.05, 0) is 17.7 Å². The number of carbonyl (C=O) groups excluding carboxylic acids is 1. The van der Waals surface area contributed by atoms with Gasteiger partial charge in [0.05, 0.1) is 31.4 Å². The normalized spacial score (nSPS) is 14.6. The summed E-state index contributed by atoms with van der Waals surface area (Å²) in [6.45, 7) is 2.67. The summed E-state index contributed by atoms with van der Waals surface area (Å²) in [7, 11) is 1.27. The monoisotopic (exact) mass is 401 g/mol. The summed E-state index contributed by atoms with van der Waals surface area (Å²) < 4.78 is 39.4. The molecule has 152 valence electrons. The number of carbonyl (C=O) groups is 1. The van der Waals surface area contributed by atoms with Gasteiger partial charge in [-0.1, -0.05) is 30.3 Å². The number of esters is 1. The molecule has 0 spiro atoms. The first-order valence-corrected chi connectivity index (χ1v) is 9.35. The number of aromatic nitrogens is 2. The van der Waals surface area contributed by atoms with E-state index < -0.39 is 12.4 Å². The maximum absolute atomic E-state index is 13.8. The second kappa shape index (κ2) is 8.16. The first kappa shape index (κ1) is 19.3. The van der Waals surface area contributed by atoms with Gasteiger partial charge in [-0.25, -0.2) is 18.6 Å². The number of halogens is 2. The Balaban J connectivity index is 1.91. The minimum atomic E-state index is -2.77. The maximum Gasteiger partial charge on any atom is 0.340 e. The third-order valence-corrected chi connectivity index (χ3v) is 5.03. The van der Waals surface area contributed by atoms with Gasteiger partial charge < -0.3 is 18.9 Å². The molecule has 0 atom stereocenters. The lowest BCUT2D eigenvalue weighted by atomic mass is 10.1. The number of benzene rings is 2. The van der Waals surface area contributed by atoms with Crippen molar-refractivity contribution in [1.29, 1.82) is 0 Å². The summed E-state index contributed by atoms with van der Waals surface area (Å²) in [5.41, 5.74) is 2.51. The minimum absolute atomic E-state index is 0.181. The molecule has 1 saturated heterocycles. The summed E-state index contributed by atoms with van der Waals surface area (Å²) in [6.07, 6.45) is -2.77. The van der Waals surface area contributed by atoms with Crippen molar-refractivity contribution in [2.75, 3.05) is 38.3 Å². The summed E-state index contributed by atoms with van der Waals surface area (Å²) in [5, 5.41) is 0. The van der Waals surface area contributed by atoms with Gasteiger partial charge in [-0.2, -0.15) is 0 Å². The minimum Gasteiger partial charge on any atom is -0.465 e. The van der Waals surface area contributed by atoms with E-state index in [1.54, 1.807) is 6.07 Å². The molecular weight excluding hydrogens is 380 g/mol. The van der Waals surface area contributed by atoms with Crippen LogP contribution in [0.5, 0.6) is 0 Å². The summed E-state index contributed by atoms with van der Waals surface area (Å²) >= 11 is 0. The number of anilines is 1. The number of hydrogen-bond acceptors (Lipinski definition) is 5. The summed E-state index contributed by atoms with van der Waals surface area (Å²) in [6, 6.07) is 12.8. The van der Waals surface area contributed by atoms with E-state index in [0.717, 1.165) is 11.3 Å². The second-order valence-electron chi connectivity index (χ2n) is 6.79. The molecule has 4 rings (SSSR count). The maximum atomic E-state index is 13.8. The van der Waals surface area contributed by atoms with Crippen LogP contribution in [0.3, 0.4) is 0 Å². The Bertz CT molecular complexity index is 1010. The van der Waals surface area contributed by atoms with Gasteiger partial charge >= 0.3 is 5.97 Å². The first-order valence-electron chi connectivity index (χ1n) is 9.35. The smallest absolute Gasteiger partial charge is 0.340 e. The molecule has 1 aliphatic rings.